The van der Waals surface area contributed by atoms with Crippen molar-refractivity contribution in [2.45, 2.75) is 81.0 Å². The van der Waals surface area contributed by atoms with E-state index in [1.165, 1.54) is 30.0 Å². The summed E-state index contributed by atoms with van der Waals surface area (Å²) in [6.45, 7) is 4.64. The van der Waals surface area contributed by atoms with Gasteiger partial charge >= 0.3 is 0 Å². The van der Waals surface area contributed by atoms with E-state index in [1.807, 2.05) is 5.56 Å². The zero-order chi connectivity index (χ0) is 37.2. The van der Waals surface area contributed by atoms with Crippen molar-refractivity contribution in [3.8, 4) is 0 Å². The molecule has 2 bridgehead atoms. The molecule has 0 nitrogen and oxygen atoms in total. The van der Waals surface area contributed by atoms with Gasteiger partial charge in [0.2, 0.25) is 0 Å². The Kier molecular flexibility index (Phi) is 3.64. The first-order valence-corrected chi connectivity index (χ1v) is 22.8. The molecule has 0 aliphatic heterocycles. The van der Waals surface area contributed by atoms with Crippen molar-refractivity contribution in [3.05, 3.63) is 140 Å². The molecule has 0 heterocycles. The lowest BCUT2D eigenvalue weighted by atomic mass is 9.56. The van der Waals surface area contributed by atoms with Gasteiger partial charge < -0.3 is 0 Å². The molecule has 59 heavy (non-hydrogen) atoms. The van der Waals surface area contributed by atoms with Crippen LogP contribution in [0.1, 0.15) is 117 Å². The minimum atomic E-state index is 0.169. The zero-order valence-electron chi connectivity index (χ0n) is 32.9. The fraction of sp³-hybridized carbons (Fsp3) is 0.220. The third kappa shape index (κ3) is 2.28. The van der Waals surface area contributed by atoms with Gasteiger partial charge in [-0.15, -0.1) is 0 Å². The highest BCUT2D eigenvalue weighted by Gasteiger charge is 2.66. The maximum Gasteiger partial charge on any atom is 0.0150 e. The second-order valence-corrected chi connectivity index (χ2v) is 21.3. The van der Waals surface area contributed by atoms with Crippen LogP contribution in [0, 0.1) is 0 Å². The van der Waals surface area contributed by atoms with Crippen LogP contribution in [0.4, 0.5) is 0 Å². The molecule has 0 aromatic heterocycles. The predicted octanol–water partition coefficient (Wildman–Crippen LogP) is 15.2. The molecule has 0 heteroatoms. The molecule has 6 unspecified atom stereocenters. The van der Waals surface area contributed by atoms with E-state index < -0.39 is 0 Å². The van der Waals surface area contributed by atoms with Gasteiger partial charge in [0.15, 0.2) is 0 Å². The molecule has 1 spiro atoms. The first-order chi connectivity index (χ1) is 29.1. The summed E-state index contributed by atoms with van der Waals surface area (Å²) in [5, 5.41) is 36.1. The SMILES string of the molecule is CC1CC(C)c2ccccc21.c1ccc2c(c1)C1CC2C23Cc4cc5cc6c7c8c(cc9cc%10c%11c%12c(cc(c%13c%14c2c4c2c5c7c4c2c%14c(c%13%12)c2c%11c9c8c24)C13)C%10)C6. The molecule has 0 saturated heterocycles. The Balaban J connectivity index is 0.000000232. The minimum absolute atomic E-state index is 0.169. The Hall–Kier alpha value is -5.98. The van der Waals surface area contributed by atoms with Gasteiger partial charge in [0.1, 0.15) is 0 Å². The lowest BCUT2D eigenvalue weighted by molar-refractivity contribution is 0.340. The molecule has 0 radical (unpaired) electrons. The number of hydrogen-bond acceptors (Lipinski definition) is 0. The van der Waals surface area contributed by atoms with Gasteiger partial charge in [0.05, 0.1) is 0 Å². The van der Waals surface area contributed by atoms with Crippen molar-refractivity contribution in [1.29, 1.82) is 0 Å². The van der Waals surface area contributed by atoms with Crippen LogP contribution in [0.2, 0.25) is 0 Å². The van der Waals surface area contributed by atoms with Gasteiger partial charge in [-0.2, -0.15) is 0 Å². The Morgan fingerprint density at radius 3 is 1.44 bits per heavy atom. The van der Waals surface area contributed by atoms with Crippen molar-refractivity contribution < 1.29 is 0 Å². The normalized spacial score (nSPS) is 26.4. The van der Waals surface area contributed by atoms with Crippen LogP contribution in [0.15, 0.2) is 78.9 Å². The fourth-order valence-corrected chi connectivity index (χ4v) is 18.4. The Labute approximate surface area is 338 Å². The molecular formula is C59H34. The number of hydrogen-bond donors (Lipinski definition) is 0. The Morgan fingerprint density at radius 1 is 0.390 bits per heavy atom. The summed E-state index contributed by atoms with van der Waals surface area (Å²) < 4.78 is 0. The van der Waals surface area contributed by atoms with Crippen LogP contribution in [-0.4, -0.2) is 0 Å². The topological polar surface area (TPSA) is 0 Å². The van der Waals surface area contributed by atoms with Crippen molar-refractivity contribution in [2.75, 3.05) is 0 Å². The highest BCUT2D eigenvalue weighted by atomic mass is 14.7. The predicted molar refractivity (Wildman–Crippen MR) is 247 cm³/mol. The molecule has 7 aliphatic rings. The molecular weight excluding hydrogens is 709 g/mol. The third-order valence-corrected chi connectivity index (χ3v) is 19.5. The smallest absolute Gasteiger partial charge is 0.0150 e. The molecule has 6 atom stereocenters. The number of rotatable bonds is 0. The average molecular weight is 743 g/mol. The Morgan fingerprint density at radius 2 is 0.847 bits per heavy atom. The van der Waals surface area contributed by atoms with E-state index in [0.29, 0.717) is 17.8 Å². The monoisotopic (exact) mass is 742 g/mol. The summed E-state index contributed by atoms with van der Waals surface area (Å²) in [7, 11) is 0. The molecule has 7 aliphatic carbocycles. The zero-order valence-corrected chi connectivity index (χ0v) is 32.9. The van der Waals surface area contributed by atoms with Crippen molar-refractivity contribution in [3.63, 3.8) is 0 Å². The van der Waals surface area contributed by atoms with Crippen molar-refractivity contribution in [2.24, 2.45) is 0 Å². The van der Waals surface area contributed by atoms with Crippen LogP contribution >= 0.6 is 0 Å². The molecule has 0 N–H and O–H groups in total. The molecule has 270 valence electrons. The summed E-state index contributed by atoms with van der Waals surface area (Å²) in [5.41, 5.74) is 18.3. The lowest BCUT2D eigenvalue weighted by Crippen LogP contribution is -2.39. The number of benzene rings is 11. The second kappa shape index (κ2) is 7.77. The van der Waals surface area contributed by atoms with Crippen LogP contribution in [0.3, 0.4) is 0 Å². The third-order valence-electron chi connectivity index (χ3n) is 19.5. The molecule has 1 fully saturated rings. The molecule has 14 aromatic carbocycles. The van der Waals surface area contributed by atoms with Gasteiger partial charge in [0.25, 0.3) is 0 Å². The maximum absolute atomic E-state index is 2.81. The van der Waals surface area contributed by atoms with E-state index in [9.17, 15) is 0 Å². The van der Waals surface area contributed by atoms with E-state index >= 15 is 0 Å². The van der Waals surface area contributed by atoms with E-state index in [1.54, 1.807) is 163 Å². The fourth-order valence-electron chi connectivity index (χ4n) is 18.4. The van der Waals surface area contributed by atoms with E-state index in [-0.39, 0.29) is 5.41 Å². The highest BCUT2D eigenvalue weighted by Crippen LogP contribution is 2.79. The van der Waals surface area contributed by atoms with Gasteiger partial charge in [0, 0.05) is 11.3 Å². The molecule has 21 rings (SSSR count). The largest absolute Gasteiger partial charge is 0.0620 e. The minimum Gasteiger partial charge on any atom is -0.0620 e. The molecule has 0 amide bonds. The first kappa shape index (κ1) is 27.7. The van der Waals surface area contributed by atoms with Crippen molar-refractivity contribution in [1.82, 2.24) is 0 Å². The molecule has 1 saturated carbocycles. The van der Waals surface area contributed by atoms with Gasteiger partial charge in [-0.3, -0.25) is 0 Å². The van der Waals surface area contributed by atoms with Crippen LogP contribution in [-0.2, 0) is 24.7 Å². The first-order valence-electron chi connectivity index (χ1n) is 22.8. The Bertz CT molecular complexity index is 4350. The summed E-state index contributed by atoms with van der Waals surface area (Å²) in [6.07, 6.45) is 6.07. The van der Waals surface area contributed by atoms with Gasteiger partial charge in [-0.1, -0.05) is 92.7 Å². The maximum atomic E-state index is 2.81. The molecule has 14 aromatic rings. The second-order valence-electron chi connectivity index (χ2n) is 21.3. The summed E-state index contributed by atoms with van der Waals surface area (Å²) in [4.78, 5) is 0. The summed E-state index contributed by atoms with van der Waals surface area (Å²) in [6, 6.07) is 32.0. The summed E-state index contributed by atoms with van der Waals surface area (Å²) >= 11 is 0. The van der Waals surface area contributed by atoms with Crippen LogP contribution in [0.25, 0.3) is 118 Å². The van der Waals surface area contributed by atoms with E-state index in [0.717, 1.165) is 24.7 Å². The van der Waals surface area contributed by atoms with Gasteiger partial charge in [-0.05, 0) is 235 Å². The lowest BCUT2D eigenvalue weighted by Gasteiger charge is -2.46. The standard InChI is InChI=1S/C48H20.C11H14/c1-2-4-22-21(3-1)23-12-25(22)48-13-20-10-18-8-15-5-14-6-17-7-16-9-19-11-24(46(23)48)33-38-29(19)28(16)35-30(17)34-26(14)27(15)36-31(18)37-32(20)47(48)45(33)44-42(37)40(36)39(34)41(35)43(38)44;1-8-7-9(2)11-6-4-3-5-10(8)11/h1-4,6-8,10-11,23,25,46H,5,9,12-13H2;3-6,8-9H,7H2,1-2H3. The van der Waals surface area contributed by atoms with Crippen molar-refractivity contribution >= 4 is 118 Å². The highest BCUT2D eigenvalue weighted by molar-refractivity contribution is 6.65. The van der Waals surface area contributed by atoms with E-state index in [4.69, 9.17) is 0 Å². The van der Waals surface area contributed by atoms with Gasteiger partial charge in [-0.25, -0.2) is 0 Å². The van der Waals surface area contributed by atoms with Crippen LogP contribution < -0.4 is 0 Å². The van der Waals surface area contributed by atoms with Crippen LogP contribution in [0.5, 0.6) is 0 Å². The van der Waals surface area contributed by atoms with E-state index in [2.05, 4.69) is 92.7 Å². The summed E-state index contributed by atoms with van der Waals surface area (Å²) in [5.74, 6) is 3.36. The average Bonchev–Trinajstić information content (AvgIpc) is 4.12. The quantitative estimate of drug-likeness (QED) is 0.136. The number of fused-ring (bicyclic) bond motifs is 8.